The number of piperidine rings is 1. The quantitative estimate of drug-likeness (QED) is 0.915. The standard InChI is InChI=1S/C19H26N2O2/c1-19(22,11-23-3)13-8-15-14-5-4-6-16-18(14)12(9-20-16)7-17(15)21(2)10-13/h4-6,9,13,15,17,20,22H,7-8,10-11H2,1-3H3/t13-,15?,17-,19?/m1/s1. The van der Waals surface area contributed by atoms with Crippen LogP contribution in [0.15, 0.2) is 24.4 Å². The maximum Gasteiger partial charge on any atom is 0.0892 e. The predicted octanol–water partition coefficient (Wildman–Crippen LogP) is 2.53. The van der Waals surface area contributed by atoms with Crippen LogP contribution in [0.4, 0.5) is 0 Å². The van der Waals surface area contributed by atoms with Crippen molar-refractivity contribution < 1.29 is 9.84 Å². The number of aliphatic hydroxyl groups is 1. The molecular formula is C19H26N2O2. The van der Waals surface area contributed by atoms with E-state index in [1.807, 2.05) is 6.92 Å². The summed E-state index contributed by atoms with van der Waals surface area (Å²) in [5.41, 5.74) is 3.34. The van der Waals surface area contributed by atoms with Crippen LogP contribution >= 0.6 is 0 Å². The van der Waals surface area contributed by atoms with Crippen LogP contribution in [-0.2, 0) is 11.2 Å². The van der Waals surface area contributed by atoms with Crippen molar-refractivity contribution in [2.75, 3.05) is 27.3 Å². The first-order valence-electron chi connectivity index (χ1n) is 8.51. The number of hydrogen-bond donors (Lipinski definition) is 2. The lowest BCUT2D eigenvalue weighted by Crippen LogP contribution is -2.54. The fourth-order valence-corrected chi connectivity index (χ4v) is 4.80. The van der Waals surface area contributed by atoms with E-state index in [9.17, 15) is 5.11 Å². The van der Waals surface area contributed by atoms with Crippen molar-refractivity contribution in [1.29, 1.82) is 0 Å². The molecule has 0 spiro atoms. The van der Waals surface area contributed by atoms with Crippen molar-refractivity contribution in [2.45, 2.75) is 37.3 Å². The maximum absolute atomic E-state index is 10.8. The maximum atomic E-state index is 10.8. The number of benzene rings is 1. The number of rotatable bonds is 3. The highest BCUT2D eigenvalue weighted by Gasteiger charge is 2.44. The highest BCUT2D eigenvalue weighted by Crippen LogP contribution is 2.46. The van der Waals surface area contributed by atoms with Gasteiger partial charge in [0.15, 0.2) is 0 Å². The molecule has 2 aliphatic rings. The van der Waals surface area contributed by atoms with Crippen molar-refractivity contribution in [3.8, 4) is 0 Å². The van der Waals surface area contributed by atoms with Crippen molar-refractivity contribution in [3.63, 3.8) is 0 Å². The Balaban J connectivity index is 1.74. The molecule has 124 valence electrons. The minimum absolute atomic E-state index is 0.226. The summed E-state index contributed by atoms with van der Waals surface area (Å²) in [7, 11) is 3.86. The smallest absolute Gasteiger partial charge is 0.0892 e. The molecule has 2 unspecified atom stereocenters. The van der Waals surface area contributed by atoms with E-state index in [1.54, 1.807) is 7.11 Å². The zero-order chi connectivity index (χ0) is 16.2. The lowest BCUT2D eigenvalue weighted by atomic mass is 9.69. The van der Waals surface area contributed by atoms with Gasteiger partial charge in [-0.15, -0.1) is 0 Å². The normalized spacial score (nSPS) is 30.2. The number of likely N-dealkylation sites (tertiary alicyclic amines) is 1. The van der Waals surface area contributed by atoms with E-state index in [-0.39, 0.29) is 5.92 Å². The Morgan fingerprint density at radius 1 is 1.43 bits per heavy atom. The average Bonchev–Trinajstić information content (AvgIpc) is 2.93. The number of methoxy groups -OCH3 is 1. The minimum Gasteiger partial charge on any atom is -0.387 e. The molecule has 0 saturated carbocycles. The predicted molar refractivity (Wildman–Crippen MR) is 91.8 cm³/mol. The van der Waals surface area contributed by atoms with Gasteiger partial charge in [-0.3, -0.25) is 0 Å². The summed E-state index contributed by atoms with van der Waals surface area (Å²) in [6, 6.07) is 7.11. The van der Waals surface area contributed by atoms with Crippen LogP contribution in [0.2, 0.25) is 0 Å². The number of aromatic nitrogens is 1. The zero-order valence-electron chi connectivity index (χ0n) is 14.2. The van der Waals surface area contributed by atoms with Gasteiger partial charge in [0, 0.05) is 48.6 Å². The third-order valence-electron chi connectivity index (χ3n) is 6.04. The molecule has 0 bridgehead atoms. The Bertz CT molecular complexity index is 721. The Kier molecular flexibility index (Phi) is 3.52. The molecule has 2 N–H and O–H groups in total. The second-order valence-corrected chi connectivity index (χ2v) is 7.62. The average molecular weight is 314 g/mol. The number of nitrogens with zero attached hydrogens (tertiary/aromatic N) is 1. The van der Waals surface area contributed by atoms with Crippen LogP contribution in [0.25, 0.3) is 10.9 Å². The Hall–Kier alpha value is -1.36. The number of fused-ring (bicyclic) bond motifs is 2. The van der Waals surface area contributed by atoms with Crippen LogP contribution in [0, 0.1) is 5.92 Å². The summed E-state index contributed by atoms with van der Waals surface area (Å²) in [5, 5.41) is 12.3. The Morgan fingerprint density at radius 2 is 2.26 bits per heavy atom. The van der Waals surface area contributed by atoms with Gasteiger partial charge in [-0.05, 0) is 44.0 Å². The molecule has 4 heteroatoms. The summed E-state index contributed by atoms with van der Waals surface area (Å²) >= 11 is 0. The molecule has 4 rings (SSSR count). The van der Waals surface area contributed by atoms with E-state index in [4.69, 9.17) is 4.74 Å². The van der Waals surface area contributed by atoms with Gasteiger partial charge in [0.1, 0.15) is 0 Å². The lowest BCUT2D eigenvalue weighted by molar-refractivity contribution is -0.0875. The van der Waals surface area contributed by atoms with Gasteiger partial charge >= 0.3 is 0 Å². The number of hydrogen-bond acceptors (Lipinski definition) is 3. The van der Waals surface area contributed by atoms with E-state index in [1.165, 1.54) is 22.0 Å². The molecule has 4 atom stereocenters. The topological polar surface area (TPSA) is 48.5 Å². The zero-order valence-corrected chi connectivity index (χ0v) is 14.2. The number of H-pyrrole nitrogens is 1. The molecule has 1 aromatic heterocycles. The first-order valence-corrected chi connectivity index (χ1v) is 8.51. The van der Waals surface area contributed by atoms with Crippen molar-refractivity contribution in [3.05, 3.63) is 35.5 Å². The monoisotopic (exact) mass is 314 g/mol. The van der Waals surface area contributed by atoms with E-state index < -0.39 is 5.60 Å². The van der Waals surface area contributed by atoms with Crippen molar-refractivity contribution >= 4 is 10.9 Å². The number of ether oxygens (including phenoxy) is 1. The summed E-state index contributed by atoms with van der Waals surface area (Å²) in [6.45, 7) is 3.23. The van der Waals surface area contributed by atoms with Crippen molar-refractivity contribution in [2.24, 2.45) is 5.92 Å². The second-order valence-electron chi connectivity index (χ2n) is 7.62. The lowest BCUT2D eigenvalue weighted by Gasteiger charge is -2.49. The van der Waals surface area contributed by atoms with Crippen LogP contribution in [-0.4, -0.2) is 53.9 Å². The van der Waals surface area contributed by atoms with Crippen molar-refractivity contribution in [1.82, 2.24) is 9.88 Å². The fourth-order valence-electron chi connectivity index (χ4n) is 4.80. The van der Waals surface area contributed by atoms with Gasteiger partial charge in [0.25, 0.3) is 0 Å². The highest BCUT2D eigenvalue weighted by atomic mass is 16.5. The second kappa shape index (κ2) is 5.33. The summed E-state index contributed by atoms with van der Waals surface area (Å²) in [5.74, 6) is 0.707. The highest BCUT2D eigenvalue weighted by molar-refractivity contribution is 5.88. The molecule has 0 amide bonds. The first kappa shape index (κ1) is 15.2. The molecule has 23 heavy (non-hydrogen) atoms. The Labute approximate surface area is 137 Å². The molecule has 1 aromatic carbocycles. The Morgan fingerprint density at radius 3 is 3.04 bits per heavy atom. The van der Waals surface area contributed by atoms with Crippen LogP contribution in [0.3, 0.4) is 0 Å². The van der Waals surface area contributed by atoms with Gasteiger partial charge in [0.05, 0.1) is 12.2 Å². The summed E-state index contributed by atoms with van der Waals surface area (Å²) < 4.78 is 5.26. The molecule has 1 aliphatic heterocycles. The third-order valence-corrected chi connectivity index (χ3v) is 6.04. The van der Waals surface area contributed by atoms with E-state index >= 15 is 0 Å². The summed E-state index contributed by atoms with van der Waals surface area (Å²) in [6.07, 6.45) is 4.29. The van der Waals surface area contributed by atoms with Crippen LogP contribution < -0.4 is 0 Å². The van der Waals surface area contributed by atoms with Crippen LogP contribution in [0.5, 0.6) is 0 Å². The molecule has 0 radical (unpaired) electrons. The molecule has 1 fully saturated rings. The number of aromatic amines is 1. The first-order chi connectivity index (χ1) is 11.0. The third kappa shape index (κ3) is 2.32. The van der Waals surface area contributed by atoms with Gasteiger partial charge in [0.2, 0.25) is 0 Å². The van der Waals surface area contributed by atoms with E-state index in [2.05, 4.69) is 41.3 Å². The molecule has 1 aliphatic carbocycles. The largest absolute Gasteiger partial charge is 0.387 e. The molecular weight excluding hydrogens is 288 g/mol. The SMILES string of the molecule is COCC(C)(O)[C@@H]1CC2c3cccc4[nH]cc(c34)C[C@H]2N(C)C1. The van der Waals surface area contributed by atoms with Gasteiger partial charge in [-0.25, -0.2) is 0 Å². The minimum atomic E-state index is -0.777. The van der Waals surface area contributed by atoms with Gasteiger partial charge < -0.3 is 19.7 Å². The van der Waals surface area contributed by atoms with E-state index in [0.29, 0.717) is 18.6 Å². The molecule has 4 nitrogen and oxygen atoms in total. The number of likely N-dealkylation sites (N-methyl/N-ethyl adjacent to an activating group) is 1. The molecule has 2 heterocycles. The number of nitrogens with one attached hydrogen (secondary N) is 1. The molecule has 2 aromatic rings. The molecule has 1 saturated heterocycles. The van der Waals surface area contributed by atoms with Gasteiger partial charge in [-0.2, -0.15) is 0 Å². The van der Waals surface area contributed by atoms with Crippen LogP contribution in [0.1, 0.15) is 30.4 Å². The van der Waals surface area contributed by atoms with Gasteiger partial charge in [-0.1, -0.05) is 12.1 Å². The fraction of sp³-hybridized carbons (Fsp3) is 0.579. The summed E-state index contributed by atoms with van der Waals surface area (Å²) in [4.78, 5) is 5.86. The van der Waals surface area contributed by atoms with E-state index in [0.717, 1.165) is 19.4 Å².